The number of nitrogens with one attached hydrogen (secondary N) is 1. The van der Waals surface area contributed by atoms with Crippen molar-refractivity contribution in [2.45, 2.75) is 24.3 Å². The van der Waals surface area contributed by atoms with Crippen LogP contribution in [-0.4, -0.2) is 38.4 Å². The van der Waals surface area contributed by atoms with Crippen molar-refractivity contribution in [1.29, 1.82) is 0 Å². The molecule has 0 radical (unpaired) electrons. The average molecular weight is 272 g/mol. The van der Waals surface area contributed by atoms with E-state index in [2.05, 4.69) is 5.32 Å². The van der Waals surface area contributed by atoms with Crippen LogP contribution >= 0.6 is 0 Å². The lowest BCUT2D eigenvalue weighted by Gasteiger charge is -2.26. The molecule has 18 heavy (non-hydrogen) atoms. The number of benzene rings is 1. The Labute approximate surface area is 107 Å². The van der Waals surface area contributed by atoms with Gasteiger partial charge >= 0.3 is 0 Å². The fourth-order valence-electron chi connectivity index (χ4n) is 2.27. The zero-order valence-electron chi connectivity index (χ0n) is 10.3. The average Bonchev–Trinajstić information content (AvgIpc) is 2.83. The standard InChI is InChI=1S/C12H17FN2O2S/c1-2-15(11-6-7-14-9-11)18(16,17)12-5-3-4-10(13)8-12/h3-5,8,11,14H,2,6-7,9H2,1H3. The van der Waals surface area contributed by atoms with Crippen LogP contribution in [-0.2, 0) is 10.0 Å². The first kappa shape index (κ1) is 13.5. The van der Waals surface area contributed by atoms with E-state index in [9.17, 15) is 12.8 Å². The van der Waals surface area contributed by atoms with Gasteiger partial charge in [0.25, 0.3) is 0 Å². The van der Waals surface area contributed by atoms with Gasteiger partial charge in [-0.3, -0.25) is 0 Å². The quantitative estimate of drug-likeness (QED) is 0.896. The van der Waals surface area contributed by atoms with Crippen LogP contribution in [0.15, 0.2) is 29.2 Å². The second-order valence-corrected chi connectivity index (χ2v) is 6.20. The van der Waals surface area contributed by atoms with E-state index < -0.39 is 15.8 Å². The number of hydrogen-bond donors (Lipinski definition) is 1. The van der Waals surface area contributed by atoms with Gasteiger partial charge < -0.3 is 5.32 Å². The van der Waals surface area contributed by atoms with Crippen LogP contribution in [0.2, 0.25) is 0 Å². The minimum atomic E-state index is -3.60. The van der Waals surface area contributed by atoms with Crippen LogP contribution in [0.3, 0.4) is 0 Å². The zero-order chi connectivity index (χ0) is 13.2. The van der Waals surface area contributed by atoms with E-state index in [1.54, 1.807) is 6.92 Å². The second kappa shape index (κ2) is 5.34. The van der Waals surface area contributed by atoms with Gasteiger partial charge in [0.2, 0.25) is 10.0 Å². The van der Waals surface area contributed by atoms with Gasteiger partial charge in [-0.1, -0.05) is 13.0 Å². The molecule has 6 heteroatoms. The molecule has 1 aliphatic heterocycles. The lowest BCUT2D eigenvalue weighted by atomic mass is 10.3. The number of hydrogen-bond acceptors (Lipinski definition) is 3. The maximum atomic E-state index is 13.1. The number of sulfonamides is 1. The fraction of sp³-hybridized carbons (Fsp3) is 0.500. The number of halogens is 1. The molecule has 0 bridgehead atoms. The molecule has 0 aromatic heterocycles. The number of rotatable bonds is 4. The predicted octanol–water partition coefficient (Wildman–Crippen LogP) is 1.20. The summed E-state index contributed by atoms with van der Waals surface area (Å²) in [5.74, 6) is -0.531. The van der Waals surface area contributed by atoms with Crippen molar-refractivity contribution in [3.8, 4) is 0 Å². The molecular weight excluding hydrogens is 255 g/mol. The monoisotopic (exact) mass is 272 g/mol. The Hall–Kier alpha value is -0.980. The molecule has 1 aliphatic rings. The summed E-state index contributed by atoms with van der Waals surface area (Å²) in [5, 5.41) is 3.14. The molecule has 0 saturated carbocycles. The molecule has 0 aliphatic carbocycles. The Morgan fingerprint density at radius 2 is 2.28 bits per heavy atom. The topological polar surface area (TPSA) is 49.4 Å². The summed E-state index contributed by atoms with van der Waals surface area (Å²) < 4.78 is 39.5. The minimum Gasteiger partial charge on any atom is -0.315 e. The highest BCUT2D eigenvalue weighted by Crippen LogP contribution is 2.21. The van der Waals surface area contributed by atoms with Crippen molar-refractivity contribution in [1.82, 2.24) is 9.62 Å². The first-order valence-electron chi connectivity index (χ1n) is 6.04. The summed E-state index contributed by atoms with van der Waals surface area (Å²) in [5.41, 5.74) is 0. The molecule has 100 valence electrons. The molecule has 1 saturated heterocycles. The third-order valence-corrected chi connectivity index (χ3v) is 5.18. The van der Waals surface area contributed by atoms with Gasteiger partial charge in [0, 0.05) is 19.1 Å². The Morgan fingerprint density at radius 3 is 2.83 bits per heavy atom. The first-order chi connectivity index (χ1) is 8.55. The van der Waals surface area contributed by atoms with Crippen molar-refractivity contribution in [3.63, 3.8) is 0 Å². The van der Waals surface area contributed by atoms with E-state index in [0.29, 0.717) is 13.1 Å². The molecular formula is C12H17FN2O2S. The van der Waals surface area contributed by atoms with Crippen molar-refractivity contribution >= 4 is 10.0 Å². The summed E-state index contributed by atoms with van der Waals surface area (Å²) in [6.45, 7) is 3.67. The van der Waals surface area contributed by atoms with Crippen molar-refractivity contribution in [2.24, 2.45) is 0 Å². The van der Waals surface area contributed by atoms with E-state index in [1.165, 1.54) is 22.5 Å². The van der Waals surface area contributed by atoms with Crippen LogP contribution in [0.4, 0.5) is 4.39 Å². The molecule has 1 aromatic rings. The van der Waals surface area contributed by atoms with Crippen LogP contribution in [0.25, 0.3) is 0 Å². The molecule has 4 nitrogen and oxygen atoms in total. The SMILES string of the molecule is CCN(C1CCNC1)S(=O)(=O)c1cccc(F)c1. The fourth-order valence-corrected chi connectivity index (χ4v) is 3.97. The highest BCUT2D eigenvalue weighted by atomic mass is 32.2. The molecule has 1 atom stereocenters. The Balaban J connectivity index is 2.33. The molecule has 0 spiro atoms. The third-order valence-electron chi connectivity index (χ3n) is 3.16. The predicted molar refractivity (Wildman–Crippen MR) is 67.2 cm³/mol. The minimum absolute atomic E-state index is 0.0243. The maximum absolute atomic E-state index is 13.1. The van der Waals surface area contributed by atoms with Crippen LogP contribution in [0.5, 0.6) is 0 Å². The summed E-state index contributed by atoms with van der Waals surface area (Å²) in [7, 11) is -3.60. The van der Waals surface area contributed by atoms with Gasteiger partial charge in [-0.05, 0) is 31.2 Å². The van der Waals surface area contributed by atoms with Gasteiger partial charge in [0.05, 0.1) is 4.90 Å². The molecule has 1 unspecified atom stereocenters. The smallest absolute Gasteiger partial charge is 0.243 e. The van der Waals surface area contributed by atoms with Gasteiger partial charge in [-0.2, -0.15) is 4.31 Å². The van der Waals surface area contributed by atoms with Crippen molar-refractivity contribution in [3.05, 3.63) is 30.1 Å². The maximum Gasteiger partial charge on any atom is 0.243 e. The van der Waals surface area contributed by atoms with Crippen LogP contribution < -0.4 is 5.32 Å². The molecule has 1 fully saturated rings. The zero-order valence-corrected chi connectivity index (χ0v) is 11.1. The summed E-state index contributed by atoms with van der Waals surface area (Å²) in [6, 6.07) is 5.13. The normalized spacial score (nSPS) is 20.5. The molecule has 1 heterocycles. The largest absolute Gasteiger partial charge is 0.315 e. The Kier molecular flexibility index (Phi) is 3.99. The molecule has 0 amide bonds. The lowest BCUT2D eigenvalue weighted by molar-refractivity contribution is 0.348. The molecule has 1 aromatic carbocycles. The summed E-state index contributed by atoms with van der Waals surface area (Å²) in [6.07, 6.45) is 0.794. The Morgan fingerprint density at radius 1 is 1.50 bits per heavy atom. The summed E-state index contributed by atoms with van der Waals surface area (Å²) >= 11 is 0. The third kappa shape index (κ3) is 2.55. The highest BCUT2D eigenvalue weighted by Gasteiger charge is 2.31. The lowest BCUT2D eigenvalue weighted by Crippen LogP contribution is -2.41. The van der Waals surface area contributed by atoms with Gasteiger partial charge in [0.15, 0.2) is 0 Å². The van der Waals surface area contributed by atoms with Gasteiger partial charge in [-0.25, -0.2) is 12.8 Å². The Bertz CT molecular complexity index is 513. The van der Waals surface area contributed by atoms with Crippen LogP contribution in [0.1, 0.15) is 13.3 Å². The van der Waals surface area contributed by atoms with Gasteiger partial charge in [0.1, 0.15) is 5.82 Å². The van der Waals surface area contributed by atoms with E-state index in [4.69, 9.17) is 0 Å². The van der Waals surface area contributed by atoms with E-state index >= 15 is 0 Å². The number of likely N-dealkylation sites (N-methyl/N-ethyl adjacent to an activating group) is 1. The van der Waals surface area contributed by atoms with E-state index in [1.807, 2.05) is 0 Å². The van der Waals surface area contributed by atoms with Crippen LogP contribution in [0, 0.1) is 5.82 Å². The molecule has 2 rings (SSSR count). The van der Waals surface area contributed by atoms with E-state index in [-0.39, 0.29) is 10.9 Å². The van der Waals surface area contributed by atoms with Crippen molar-refractivity contribution in [2.75, 3.05) is 19.6 Å². The first-order valence-corrected chi connectivity index (χ1v) is 7.48. The second-order valence-electron chi connectivity index (χ2n) is 4.31. The number of nitrogens with zero attached hydrogens (tertiary/aromatic N) is 1. The summed E-state index contributed by atoms with van der Waals surface area (Å²) in [4.78, 5) is 0.0243. The van der Waals surface area contributed by atoms with Gasteiger partial charge in [-0.15, -0.1) is 0 Å². The van der Waals surface area contributed by atoms with Crippen molar-refractivity contribution < 1.29 is 12.8 Å². The highest BCUT2D eigenvalue weighted by molar-refractivity contribution is 7.89. The molecule has 1 N–H and O–H groups in total. The van der Waals surface area contributed by atoms with E-state index in [0.717, 1.165) is 19.0 Å².